The van der Waals surface area contributed by atoms with Gasteiger partial charge < -0.3 is 25.2 Å². The predicted octanol–water partition coefficient (Wildman–Crippen LogP) is -0.421. The SMILES string of the molecule is OC[C@H]1O[C@H](Sc2ccccc2)[C@@H](O)[C@H](O)[C@@H]1O. The zero-order valence-corrected chi connectivity index (χ0v) is 10.4. The van der Waals surface area contributed by atoms with Crippen LogP contribution in [0.15, 0.2) is 35.2 Å². The standard InChI is InChI=1S/C12H16O5S/c13-6-8-9(14)10(15)11(16)12(17-8)18-7-4-2-1-3-5-7/h1-5,8-16H,6H2/t8-,9-,10-,11+,12-/m1/s1. The molecule has 6 heteroatoms. The molecule has 1 heterocycles. The van der Waals surface area contributed by atoms with Crippen molar-refractivity contribution in [2.24, 2.45) is 0 Å². The maximum absolute atomic E-state index is 9.85. The van der Waals surface area contributed by atoms with E-state index in [2.05, 4.69) is 0 Å². The Morgan fingerprint density at radius 2 is 1.67 bits per heavy atom. The molecule has 0 unspecified atom stereocenters. The lowest BCUT2D eigenvalue weighted by Gasteiger charge is -2.39. The number of ether oxygens (including phenoxy) is 1. The molecule has 1 aliphatic rings. The van der Waals surface area contributed by atoms with Crippen LogP contribution in [0.25, 0.3) is 0 Å². The minimum atomic E-state index is -1.32. The average Bonchev–Trinajstić information content (AvgIpc) is 2.40. The lowest BCUT2D eigenvalue weighted by Crippen LogP contribution is -2.57. The van der Waals surface area contributed by atoms with Gasteiger partial charge in [0.1, 0.15) is 29.9 Å². The maximum Gasteiger partial charge on any atom is 0.136 e. The second-order valence-corrected chi connectivity index (χ2v) is 5.30. The Kier molecular flexibility index (Phi) is 4.60. The van der Waals surface area contributed by atoms with Crippen LogP contribution in [0.1, 0.15) is 0 Å². The van der Waals surface area contributed by atoms with Crippen LogP contribution in [-0.4, -0.2) is 56.9 Å². The lowest BCUT2D eigenvalue weighted by atomic mass is 10.0. The summed E-state index contributed by atoms with van der Waals surface area (Å²) in [6.07, 6.45) is -4.69. The van der Waals surface area contributed by atoms with E-state index in [1.165, 1.54) is 11.8 Å². The number of aliphatic hydroxyl groups excluding tert-OH is 4. The van der Waals surface area contributed by atoms with E-state index in [-0.39, 0.29) is 0 Å². The Hall–Kier alpha value is -0.630. The zero-order chi connectivity index (χ0) is 13.1. The number of hydrogen-bond acceptors (Lipinski definition) is 6. The molecule has 2 rings (SSSR count). The summed E-state index contributed by atoms with van der Waals surface area (Å²) >= 11 is 1.24. The van der Waals surface area contributed by atoms with E-state index < -0.39 is 36.5 Å². The van der Waals surface area contributed by atoms with Crippen molar-refractivity contribution < 1.29 is 25.2 Å². The molecule has 1 saturated heterocycles. The number of hydrogen-bond donors (Lipinski definition) is 4. The van der Waals surface area contributed by atoms with Crippen LogP contribution >= 0.6 is 11.8 Å². The van der Waals surface area contributed by atoms with Crippen molar-refractivity contribution in [3.63, 3.8) is 0 Å². The molecule has 100 valence electrons. The first-order valence-corrected chi connectivity index (χ1v) is 6.53. The van der Waals surface area contributed by atoms with Gasteiger partial charge in [-0.3, -0.25) is 0 Å². The lowest BCUT2D eigenvalue weighted by molar-refractivity contribution is -0.205. The van der Waals surface area contributed by atoms with E-state index >= 15 is 0 Å². The first-order chi connectivity index (χ1) is 8.63. The molecule has 1 fully saturated rings. The summed E-state index contributed by atoms with van der Waals surface area (Å²) in [5.74, 6) is 0. The molecule has 1 aliphatic heterocycles. The van der Waals surface area contributed by atoms with Crippen molar-refractivity contribution in [2.45, 2.75) is 34.7 Å². The van der Waals surface area contributed by atoms with Gasteiger partial charge in [0.2, 0.25) is 0 Å². The topological polar surface area (TPSA) is 90.2 Å². The summed E-state index contributed by atoms with van der Waals surface area (Å²) in [7, 11) is 0. The summed E-state index contributed by atoms with van der Waals surface area (Å²) in [5, 5.41) is 38.2. The Labute approximate surface area is 109 Å². The molecule has 18 heavy (non-hydrogen) atoms. The molecule has 0 saturated carbocycles. The molecule has 5 nitrogen and oxygen atoms in total. The molecule has 0 amide bonds. The van der Waals surface area contributed by atoms with E-state index in [1.807, 2.05) is 30.3 Å². The Bertz CT molecular complexity index is 372. The fourth-order valence-electron chi connectivity index (χ4n) is 1.80. The smallest absolute Gasteiger partial charge is 0.136 e. The maximum atomic E-state index is 9.85. The molecule has 4 N–H and O–H groups in total. The molecular formula is C12H16O5S. The second kappa shape index (κ2) is 6.01. The number of aliphatic hydroxyl groups is 4. The van der Waals surface area contributed by atoms with Crippen LogP contribution in [0.2, 0.25) is 0 Å². The Balaban J connectivity index is 2.08. The predicted molar refractivity (Wildman–Crippen MR) is 66.1 cm³/mol. The van der Waals surface area contributed by atoms with E-state index in [9.17, 15) is 15.3 Å². The summed E-state index contributed by atoms with van der Waals surface area (Å²) in [5.41, 5.74) is -0.719. The fourth-order valence-corrected chi connectivity index (χ4v) is 2.88. The van der Waals surface area contributed by atoms with Gasteiger partial charge in [-0.15, -0.1) is 0 Å². The molecule has 0 bridgehead atoms. The van der Waals surface area contributed by atoms with E-state index in [1.54, 1.807) is 0 Å². The van der Waals surface area contributed by atoms with Crippen LogP contribution in [0.5, 0.6) is 0 Å². The van der Waals surface area contributed by atoms with Crippen LogP contribution in [-0.2, 0) is 4.74 Å². The molecule has 0 aromatic heterocycles. The first kappa shape index (κ1) is 13.8. The molecule has 0 spiro atoms. The van der Waals surface area contributed by atoms with E-state index in [0.29, 0.717) is 0 Å². The van der Waals surface area contributed by atoms with Crippen molar-refractivity contribution in [3.8, 4) is 0 Å². The van der Waals surface area contributed by atoms with Crippen molar-refractivity contribution >= 4 is 11.8 Å². The minimum Gasteiger partial charge on any atom is -0.394 e. The van der Waals surface area contributed by atoms with Gasteiger partial charge in [-0.05, 0) is 12.1 Å². The van der Waals surface area contributed by atoms with Crippen LogP contribution < -0.4 is 0 Å². The van der Waals surface area contributed by atoms with E-state index in [4.69, 9.17) is 9.84 Å². The summed E-state index contributed by atoms with van der Waals surface area (Å²) in [6.45, 7) is -0.406. The average molecular weight is 272 g/mol. The highest BCUT2D eigenvalue weighted by molar-refractivity contribution is 7.99. The monoisotopic (exact) mass is 272 g/mol. The highest BCUT2D eigenvalue weighted by atomic mass is 32.2. The van der Waals surface area contributed by atoms with Crippen molar-refractivity contribution in [2.75, 3.05) is 6.61 Å². The van der Waals surface area contributed by atoms with Crippen LogP contribution in [0.4, 0.5) is 0 Å². The van der Waals surface area contributed by atoms with Gasteiger partial charge >= 0.3 is 0 Å². The molecule has 0 radical (unpaired) electrons. The third-order valence-corrected chi connectivity index (χ3v) is 4.01. The summed E-state index contributed by atoms with van der Waals surface area (Å²) in [4.78, 5) is 0.877. The molecule has 0 aliphatic carbocycles. The van der Waals surface area contributed by atoms with Gasteiger partial charge in [0.15, 0.2) is 0 Å². The van der Waals surface area contributed by atoms with Gasteiger partial charge in [0, 0.05) is 4.90 Å². The second-order valence-electron chi connectivity index (χ2n) is 4.13. The van der Waals surface area contributed by atoms with Gasteiger partial charge in [-0.2, -0.15) is 0 Å². The van der Waals surface area contributed by atoms with Crippen LogP contribution in [0, 0.1) is 0 Å². The fraction of sp³-hybridized carbons (Fsp3) is 0.500. The highest BCUT2D eigenvalue weighted by Crippen LogP contribution is 2.32. The Morgan fingerprint density at radius 1 is 1.00 bits per heavy atom. The van der Waals surface area contributed by atoms with Gasteiger partial charge in [0.25, 0.3) is 0 Å². The van der Waals surface area contributed by atoms with Gasteiger partial charge in [-0.25, -0.2) is 0 Å². The van der Waals surface area contributed by atoms with Gasteiger partial charge in [0.05, 0.1) is 6.61 Å². The summed E-state index contributed by atoms with van der Waals surface area (Å²) in [6, 6.07) is 9.29. The minimum absolute atomic E-state index is 0.406. The normalized spacial score (nSPS) is 36.6. The first-order valence-electron chi connectivity index (χ1n) is 5.65. The molecule has 1 aromatic rings. The van der Waals surface area contributed by atoms with Crippen molar-refractivity contribution in [3.05, 3.63) is 30.3 Å². The van der Waals surface area contributed by atoms with Crippen molar-refractivity contribution in [1.29, 1.82) is 0 Å². The zero-order valence-electron chi connectivity index (χ0n) is 9.59. The third-order valence-electron chi connectivity index (χ3n) is 2.84. The molecule has 5 atom stereocenters. The number of rotatable bonds is 3. The Morgan fingerprint density at radius 3 is 2.28 bits per heavy atom. The molecule has 1 aromatic carbocycles. The van der Waals surface area contributed by atoms with E-state index in [0.717, 1.165) is 4.90 Å². The third kappa shape index (κ3) is 2.85. The van der Waals surface area contributed by atoms with Gasteiger partial charge in [-0.1, -0.05) is 30.0 Å². The summed E-state index contributed by atoms with van der Waals surface area (Å²) < 4.78 is 5.39. The highest BCUT2D eigenvalue weighted by Gasteiger charge is 2.43. The molecular weight excluding hydrogens is 256 g/mol. The number of thioether (sulfide) groups is 1. The quantitative estimate of drug-likeness (QED) is 0.597. The van der Waals surface area contributed by atoms with Crippen molar-refractivity contribution in [1.82, 2.24) is 0 Å². The number of benzene rings is 1. The largest absolute Gasteiger partial charge is 0.394 e. The van der Waals surface area contributed by atoms with Crippen LogP contribution in [0.3, 0.4) is 0 Å².